The van der Waals surface area contributed by atoms with E-state index < -0.39 is 17.9 Å². The topological polar surface area (TPSA) is 96.1 Å². The molecule has 1 atom stereocenters. The molecule has 3 N–H and O–H groups in total. The molecular weight excluding hydrogens is 356 g/mol. The van der Waals surface area contributed by atoms with Crippen LogP contribution in [0.2, 0.25) is 0 Å². The Balaban J connectivity index is 1.56. The van der Waals surface area contributed by atoms with E-state index in [4.69, 9.17) is 4.74 Å². The Bertz CT molecular complexity index is 982. The number of aromatic nitrogens is 2. The number of aryl methyl sites for hydroxylation is 1. The minimum Gasteiger partial charge on any atom is -0.481 e. The summed E-state index contributed by atoms with van der Waals surface area (Å²) >= 11 is 0. The molecule has 0 aliphatic rings. The molecule has 0 spiro atoms. The van der Waals surface area contributed by atoms with Gasteiger partial charge in [-0.3, -0.25) is 25.5 Å². The summed E-state index contributed by atoms with van der Waals surface area (Å²) < 4.78 is 5.70. The summed E-state index contributed by atoms with van der Waals surface area (Å²) in [4.78, 5) is 24.5. The molecule has 0 saturated carbocycles. The number of nitrogens with one attached hydrogen (secondary N) is 3. The van der Waals surface area contributed by atoms with Crippen molar-refractivity contribution in [1.29, 1.82) is 0 Å². The molecule has 0 bridgehead atoms. The molecule has 3 rings (SSSR count). The molecule has 144 valence electrons. The van der Waals surface area contributed by atoms with Crippen LogP contribution in [0, 0.1) is 13.8 Å². The van der Waals surface area contributed by atoms with Gasteiger partial charge in [-0.2, -0.15) is 5.10 Å². The highest BCUT2D eigenvalue weighted by Crippen LogP contribution is 2.21. The Morgan fingerprint density at radius 1 is 1.04 bits per heavy atom. The summed E-state index contributed by atoms with van der Waals surface area (Å²) in [6.07, 6.45) is -0.776. The number of rotatable bonds is 5. The Morgan fingerprint density at radius 2 is 1.79 bits per heavy atom. The van der Waals surface area contributed by atoms with Crippen LogP contribution in [0.15, 0.2) is 54.6 Å². The summed E-state index contributed by atoms with van der Waals surface area (Å²) in [5, 5.41) is 6.79. The Hall–Kier alpha value is -3.61. The van der Waals surface area contributed by atoms with Gasteiger partial charge in [0, 0.05) is 5.56 Å². The number of benzene rings is 2. The molecule has 7 heteroatoms. The second-order valence-electron chi connectivity index (χ2n) is 6.43. The molecule has 1 aromatic heterocycles. The molecule has 2 aromatic carbocycles. The zero-order chi connectivity index (χ0) is 20.1. The van der Waals surface area contributed by atoms with Crippen LogP contribution >= 0.6 is 0 Å². The van der Waals surface area contributed by atoms with Crippen molar-refractivity contribution in [3.8, 4) is 17.0 Å². The molecule has 0 aliphatic heterocycles. The van der Waals surface area contributed by atoms with Crippen LogP contribution in [0.3, 0.4) is 0 Å². The molecule has 0 unspecified atom stereocenters. The van der Waals surface area contributed by atoms with Gasteiger partial charge < -0.3 is 4.74 Å². The zero-order valence-corrected chi connectivity index (χ0v) is 15.9. The second kappa shape index (κ2) is 8.39. The number of aromatic amines is 1. The van der Waals surface area contributed by atoms with Crippen molar-refractivity contribution >= 4 is 11.8 Å². The highest BCUT2D eigenvalue weighted by atomic mass is 16.5. The molecule has 28 heavy (non-hydrogen) atoms. The third-order valence-electron chi connectivity index (χ3n) is 4.42. The average molecular weight is 378 g/mol. The standard InChI is InChI=1S/C21H22N4O3/c1-13-8-7-11-19(14(13)2)28-15(3)20(26)24-25-21(27)18-12-17(22-23-18)16-9-5-4-6-10-16/h4-12,15H,1-3H3,(H,22,23)(H,24,26)(H,25,27)/t15-/m1/s1. The quantitative estimate of drug-likeness (QED) is 0.595. The molecule has 0 saturated heterocycles. The van der Waals surface area contributed by atoms with Gasteiger partial charge in [0.2, 0.25) is 0 Å². The maximum absolute atomic E-state index is 12.2. The van der Waals surface area contributed by atoms with E-state index in [0.717, 1.165) is 16.7 Å². The van der Waals surface area contributed by atoms with Gasteiger partial charge in [0.1, 0.15) is 11.4 Å². The molecule has 7 nitrogen and oxygen atoms in total. The Kier molecular flexibility index (Phi) is 5.74. The van der Waals surface area contributed by atoms with Gasteiger partial charge in [0.15, 0.2) is 6.10 Å². The number of carbonyl (C=O) groups is 2. The molecule has 0 aliphatic carbocycles. The SMILES string of the molecule is Cc1cccc(O[C@H](C)C(=O)NNC(=O)c2cc(-c3ccccc3)n[nH]2)c1C. The molecule has 3 aromatic rings. The molecule has 0 radical (unpaired) electrons. The third-order valence-corrected chi connectivity index (χ3v) is 4.42. The lowest BCUT2D eigenvalue weighted by Crippen LogP contribution is -2.47. The van der Waals surface area contributed by atoms with E-state index in [0.29, 0.717) is 11.4 Å². The normalized spacial score (nSPS) is 11.5. The van der Waals surface area contributed by atoms with Gasteiger partial charge in [-0.15, -0.1) is 0 Å². The zero-order valence-electron chi connectivity index (χ0n) is 15.9. The molecule has 2 amide bonds. The Morgan fingerprint density at radius 3 is 2.54 bits per heavy atom. The third kappa shape index (κ3) is 4.37. The van der Waals surface area contributed by atoms with Crippen molar-refractivity contribution < 1.29 is 14.3 Å². The van der Waals surface area contributed by atoms with Gasteiger partial charge in [0.05, 0.1) is 5.69 Å². The molecule has 0 fully saturated rings. The van der Waals surface area contributed by atoms with E-state index in [-0.39, 0.29) is 5.69 Å². The lowest BCUT2D eigenvalue weighted by molar-refractivity contribution is -0.128. The first-order valence-corrected chi connectivity index (χ1v) is 8.89. The maximum Gasteiger partial charge on any atom is 0.287 e. The number of H-pyrrole nitrogens is 1. The summed E-state index contributed by atoms with van der Waals surface area (Å²) in [5.74, 6) is -0.325. The lowest BCUT2D eigenvalue weighted by Gasteiger charge is -2.17. The van der Waals surface area contributed by atoms with E-state index in [9.17, 15) is 9.59 Å². The van der Waals surface area contributed by atoms with Crippen LogP contribution in [-0.2, 0) is 4.79 Å². The summed E-state index contributed by atoms with van der Waals surface area (Å²) in [6, 6.07) is 16.7. The van der Waals surface area contributed by atoms with E-state index in [1.165, 1.54) is 0 Å². The van der Waals surface area contributed by atoms with Gasteiger partial charge in [-0.05, 0) is 44.0 Å². The fraction of sp³-hybridized carbons (Fsp3) is 0.190. The van der Waals surface area contributed by atoms with E-state index in [2.05, 4.69) is 21.0 Å². The largest absolute Gasteiger partial charge is 0.481 e. The van der Waals surface area contributed by atoms with Gasteiger partial charge in [-0.25, -0.2) is 0 Å². The van der Waals surface area contributed by atoms with Gasteiger partial charge in [0.25, 0.3) is 11.8 Å². The number of ether oxygens (including phenoxy) is 1. The van der Waals surface area contributed by atoms with Crippen LogP contribution in [0.1, 0.15) is 28.5 Å². The smallest absolute Gasteiger partial charge is 0.287 e. The van der Waals surface area contributed by atoms with E-state index in [1.807, 2.05) is 56.3 Å². The first kappa shape index (κ1) is 19.2. The monoisotopic (exact) mass is 378 g/mol. The first-order chi connectivity index (χ1) is 13.5. The minimum absolute atomic E-state index is 0.238. The fourth-order valence-corrected chi connectivity index (χ4v) is 2.58. The molecule has 1 heterocycles. The van der Waals surface area contributed by atoms with Crippen molar-refractivity contribution in [2.24, 2.45) is 0 Å². The molecular formula is C21H22N4O3. The van der Waals surface area contributed by atoms with Crippen molar-refractivity contribution in [3.63, 3.8) is 0 Å². The summed E-state index contributed by atoms with van der Waals surface area (Å²) in [6.45, 7) is 5.52. The van der Waals surface area contributed by atoms with Gasteiger partial charge in [-0.1, -0.05) is 42.5 Å². The number of nitrogens with zero attached hydrogens (tertiary/aromatic N) is 1. The van der Waals surface area contributed by atoms with Crippen molar-refractivity contribution in [1.82, 2.24) is 21.0 Å². The minimum atomic E-state index is -0.776. The second-order valence-corrected chi connectivity index (χ2v) is 6.43. The van der Waals surface area contributed by atoms with E-state index >= 15 is 0 Å². The van der Waals surface area contributed by atoms with Gasteiger partial charge >= 0.3 is 0 Å². The summed E-state index contributed by atoms with van der Waals surface area (Å²) in [7, 11) is 0. The number of hydrazine groups is 1. The fourth-order valence-electron chi connectivity index (χ4n) is 2.58. The highest BCUT2D eigenvalue weighted by molar-refractivity contribution is 5.95. The van der Waals surface area contributed by atoms with Crippen LogP contribution in [-0.4, -0.2) is 28.1 Å². The van der Waals surface area contributed by atoms with Crippen LogP contribution in [0.4, 0.5) is 0 Å². The predicted molar refractivity (Wildman–Crippen MR) is 106 cm³/mol. The lowest BCUT2D eigenvalue weighted by atomic mass is 10.1. The number of hydrogen-bond acceptors (Lipinski definition) is 4. The van der Waals surface area contributed by atoms with Crippen LogP contribution in [0.25, 0.3) is 11.3 Å². The number of hydrogen-bond donors (Lipinski definition) is 3. The first-order valence-electron chi connectivity index (χ1n) is 8.89. The van der Waals surface area contributed by atoms with E-state index in [1.54, 1.807) is 19.1 Å². The number of amides is 2. The van der Waals surface area contributed by atoms with Crippen LogP contribution < -0.4 is 15.6 Å². The Labute approximate surface area is 163 Å². The van der Waals surface area contributed by atoms with Crippen molar-refractivity contribution in [3.05, 3.63) is 71.4 Å². The average Bonchev–Trinajstić information content (AvgIpc) is 3.20. The van der Waals surface area contributed by atoms with Crippen molar-refractivity contribution in [2.45, 2.75) is 26.9 Å². The van der Waals surface area contributed by atoms with Crippen molar-refractivity contribution in [2.75, 3.05) is 0 Å². The maximum atomic E-state index is 12.2. The van der Waals surface area contributed by atoms with Crippen LogP contribution in [0.5, 0.6) is 5.75 Å². The summed E-state index contributed by atoms with van der Waals surface area (Å²) in [5.41, 5.74) is 8.55. The number of carbonyl (C=O) groups excluding carboxylic acids is 2. The highest BCUT2D eigenvalue weighted by Gasteiger charge is 2.18. The predicted octanol–water partition coefficient (Wildman–Crippen LogP) is 2.92.